The molecule has 32 heavy (non-hydrogen) atoms. The van der Waals surface area contributed by atoms with Gasteiger partial charge in [-0.25, -0.2) is 0 Å². The van der Waals surface area contributed by atoms with Crippen LogP contribution in [0.4, 0.5) is 0 Å². The van der Waals surface area contributed by atoms with E-state index in [-0.39, 0.29) is 25.7 Å². The second-order valence-electron chi connectivity index (χ2n) is 7.66. The average molecular weight is 470 g/mol. The van der Waals surface area contributed by atoms with Crippen molar-refractivity contribution in [3.8, 4) is 0 Å². The number of carboxylic acids is 1. The zero-order valence-corrected chi connectivity index (χ0v) is 17.1. The van der Waals surface area contributed by atoms with E-state index in [0.29, 0.717) is 0 Å². The van der Waals surface area contributed by atoms with Gasteiger partial charge in [-0.2, -0.15) is 0 Å². The monoisotopic (exact) mass is 470 g/mol. The molecule has 2 fully saturated rings. The van der Waals surface area contributed by atoms with E-state index in [1.54, 1.807) is 0 Å². The van der Waals surface area contributed by atoms with Crippen LogP contribution < -0.4 is 0 Å². The van der Waals surface area contributed by atoms with Crippen LogP contribution in [-0.2, 0) is 28.5 Å². The second kappa shape index (κ2) is 11.6. The van der Waals surface area contributed by atoms with E-state index in [2.05, 4.69) is 0 Å². The summed E-state index contributed by atoms with van der Waals surface area (Å²) in [5, 5.41) is 77.9. The van der Waals surface area contributed by atoms with E-state index in [1.165, 1.54) is 0 Å². The highest BCUT2D eigenvalue weighted by atomic mass is 16.8. The predicted octanol–water partition coefficient (Wildman–Crippen LogP) is -4.20. The van der Waals surface area contributed by atoms with E-state index in [1.807, 2.05) is 0 Å². The van der Waals surface area contributed by atoms with E-state index in [9.17, 15) is 45.3 Å². The fourth-order valence-corrected chi connectivity index (χ4v) is 3.42. The third-order valence-corrected chi connectivity index (χ3v) is 5.31. The van der Waals surface area contributed by atoms with Crippen LogP contribution in [0, 0.1) is 0 Å². The number of esters is 1. The highest BCUT2D eigenvalue weighted by molar-refractivity contribution is 5.69. The van der Waals surface area contributed by atoms with Gasteiger partial charge in [-0.1, -0.05) is 0 Å². The molecule has 0 aromatic carbocycles. The number of aliphatic carboxylic acids is 1. The van der Waals surface area contributed by atoms with Crippen molar-refractivity contribution in [3.05, 3.63) is 0 Å². The number of rotatable bonds is 11. The lowest BCUT2D eigenvalue weighted by Gasteiger charge is -2.43. The standard InChI is InChI=1S/C18H30O14/c19-5-8-12(24)14(26)15(27)17(30-8)32-18(16(28)13(25)9(6-20)31-18)7-29-11(23)4-2-1-3-10(21)22/h8-9,12-17,19-20,24-28H,1-7H2,(H,21,22)/t8-,9-,12-,13-,14+,15-,16+,17-,18+/m1/s1. The summed E-state index contributed by atoms with van der Waals surface area (Å²) in [6.45, 7) is -2.33. The molecule has 14 heteroatoms. The molecule has 2 heterocycles. The van der Waals surface area contributed by atoms with Gasteiger partial charge in [0.2, 0.25) is 5.79 Å². The van der Waals surface area contributed by atoms with Crippen molar-refractivity contribution in [2.24, 2.45) is 0 Å². The van der Waals surface area contributed by atoms with Gasteiger partial charge in [-0.15, -0.1) is 0 Å². The Morgan fingerprint density at radius 3 is 2.03 bits per heavy atom. The van der Waals surface area contributed by atoms with Crippen LogP contribution in [-0.4, -0.2) is 127 Å². The molecular formula is C18H30O14. The van der Waals surface area contributed by atoms with Gasteiger partial charge in [0.15, 0.2) is 6.29 Å². The molecular weight excluding hydrogens is 440 g/mol. The quantitative estimate of drug-likeness (QED) is 0.106. The number of carbonyl (C=O) groups excluding carboxylic acids is 1. The predicted molar refractivity (Wildman–Crippen MR) is 98.6 cm³/mol. The zero-order chi connectivity index (χ0) is 24.1. The van der Waals surface area contributed by atoms with Crippen LogP contribution in [0.5, 0.6) is 0 Å². The Morgan fingerprint density at radius 1 is 0.844 bits per heavy atom. The smallest absolute Gasteiger partial charge is 0.305 e. The fourth-order valence-electron chi connectivity index (χ4n) is 3.42. The molecule has 186 valence electrons. The van der Waals surface area contributed by atoms with Crippen LogP contribution in [0.25, 0.3) is 0 Å². The van der Waals surface area contributed by atoms with Crippen LogP contribution in [0.2, 0.25) is 0 Å². The summed E-state index contributed by atoms with van der Waals surface area (Å²) >= 11 is 0. The van der Waals surface area contributed by atoms with Crippen LogP contribution in [0.1, 0.15) is 25.7 Å². The van der Waals surface area contributed by atoms with E-state index in [4.69, 9.17) is 24.1 Å². The van der Waals surface area contributed by atoms with Crippen LogP contribution in [0.3, 0.4) is 0 Å². The summed E-state index contributed by atoms with van der Waals surface area (Å²) in [5.41, 5.74) is 0. The van der Waals surface area contributed by atoms with Gasteiger partial charge in [0.05, 0.1) is 13.2 Å². The zero-order valence-electron chi connectivity index (χ0n) is 17.1. The highest BCUT2D eigenvalue weighted by Gasteiger charge is 2.59. The number of carbonyl (C=O) groups is 2. The molecule has 0 aromatic rings. The maximum Gasteiger partial charge on any atom is 0.305 e. The lowest BCUT2D eigenvalue weighted by atomic mass is 9.99. The number of ether oxygens (including phenoxy) is 4. The van der Waals surface area contributed by atoms with Gasteiger partial charge >= 0.3 is 11.9 Å². The van der Waals surface area contributed by atoms with Gasteiger partial charge in [0.25, 0.3) is 0 Å². The Labute approximate surface area is 182 Å². The summed E-state index contributed by atoms with van der Waals surface area (Å²) < 4.78 is 21.1. The topological polar surface area (TPSA) is 233 Å². The normalized spacial score (nSPS) is 39.7. The average Bonchev–Trinajstić information content (AvgIpc) is 3.00. The number of aliphatic hydroxyl groups is 7. The first kappa shape index (κ1) is 26.8. The second-order valence-corrected chi connectivity index (χ2v) is 7.66. The molecule has 0 aliphatic carbocycles. The van der Waals surface area contributed by atoms with Crippen molar-refractivity contribution in [1.29, 1.82) is 0 Å². The lowest BCUT2D eigenvalue weighted by molar-refractivity contribution is -0.383. The molecule has 0 radical (unpaired) electrons. The third kappa shape index (κ3) is 6.11. The summed E-state index contributed by atoms with van der Waals surface area (Å²) in [7, 11) is 0. The van der Waals surface area contributed by atoms with Gasteiger partial charge < -0.3 is 59.8 Å². The first-order chi connectivity index (χ1) is 15.1. The molecule has 0 unspecified atom stereocenters. The Bertz CT molecular complexity index is 629. The molecule has 14 nitrogen and oxygen atoms in total. The molecule has 8 N–H and O–H groups in total. The van der Waals surface area contributed by atoms with Crippen molar-refractivity contribution in [3.63, 3.8) is 0 Å². The molecule has 2 rings (SSSR count). The maximum absolute atomic E-state index is 12.0. The molecule has 0 amide bonds. The van der Waals surface area contributed by atoms with Crippen molar-refractivity contribution in [2.45, 2.75) is 80.5 Å². The van der Waals surface area contributed by atoms with Gasteiger partial charge in [-0.3, -0.25) is 9.59 Å². The maximum atomic E-state index is 12.0. The Kier molecular flexibility index (Phi) is 9.71. The van der Waals surface area contributed by atoms with Gasteiger partial charge in [0, 0.05) is 12.8 Å². The lowest BCUT2D eigenvalue weighted by Crippen LogP contribution is -2.62. The Balaban J connectivity index is 2.11. The third-order valence-electron chi connectivity index (χ3n) is 5.31. The van der Waals surface area contributed by atoms with E-state index >= 15 is 0 Å². The van der Waals surface area contributed by atoms with Gasteiger partial charge in [-0.05, 0) is 12.8 Å². The van der Waals surface area contributed by atoms with E-state index in [0.717, 1.165) is 0 Å². The molecule has 0 saturated carbocycles. The first-order valence-corrected chi connectivity index (χ1v) is 10.1. The minimum Gasteiger partial charge on any atom is -0.481 e. The van der Waals surface area contributed by atoms with Crippen molar-refractivity contribution >= 4 is 11.9 Å². The summed E-state index contributed by atoms with van der Waals surface area (Å²) in [6.07, 6.45) is -13.3. The summed E-state index contributed by atoms with van der Waals surface area (Å²) in [4.78, 5) is 22.5. The number of hydrogen-bond donors (Lipinski definition) is 8. The molecule has 0 bridgehead atoms. The highest BCUT2D eigenvalue weighted by Crippen LogP contribution is 2.36. The number of aliphatic hydroxyl groups excluding tert-OH is 7. The minimum absolute atomic E-state index is 0.135. The van der Waals surface area contributed by atoms with Crippen molar-refractivity contribution in [2.75, 3.05) is 19.8 Å². The van der Waals surface area contributed by atoms with Crippen LogP contribution >= 0.6 is 0 Å². The molecule has 9 atom stereocenters. The molecule has 0 aromatic heterocycles. The summed E-state index contributed by atoms with van der Waals surface area (Å²) in [5.74, 6) is -4.15. The molecule has 2 aliphatic rings. The largest absolute Gasteiger partial charge is 0.481 e. The van der Waals surface area contributed by atoms with Crippen molar-refractivity contribution < 1.29 is 69.4 Å². The fraction of sp³-hybridized carbons (Fsp3) is 0.889. The number of unbranched alkanes of at least 4 members (excludes halogenated alkanes) is 1. The van der Waals surface area contributed by atoms with Gasteiger partial charge in [0.1, 0.15) is 49.3 Å². The van der Waals surface area contributed by atoms with E-state index < -0.39 is 86.6 Å². The SMILES string of the molecule is O=C(O)CCCCC(=O)OC[C@@]1(O[C@H]2O[C@H](CO)[C@@H](O)[C@H](O)[C@H]2O)O[C@H](CO)[C@@H](O)[C@@H]1O. The molecule has 2 aliphatic heterocycles. The number of carboxylic acid groups (broad SMARTS) is 1. The number of hydrogen-bond acceptors (Lipinski definition) is 13. The van der Waals surface area contributed by atoms with Crippen molar-refractivity contribution in [1.82, 2.24) is 0 Å². The summed E-state index contributed by atoms with van der Waals surface area (Å²) in [6, 6.07) is 0. The Hall–Kier alpha value is -1.46. The van der Waals surface area contributed by atoms with Crippen LogP contribution in [0.15, 0.2) is 0 Å². The minimum atomic E-state index is -2.34. The molecule has 0 spiro atoms. The first-order valence-electron chi connectivity index (χ1n) is 10.1. The Morgan fingerprint density at radius 2 is 1.47 bits per heavy atom. The molecule has 2 saturated heterocycles.